The van der Waals surface area contributed by atoms with E-state index in [4.69, 9.17) is 4.74 Å². The van der Waals surface area contributed by atoms with Crippen LogP contribution in [-0.2, 0) is 32.1 Å². The molecule has 0 aromatic heterocycles. The molecule has 1 heterocycles. The Kier molecular flexibility index (Phi) is 11.1. The van der Waals surface area contributed by atoms with Gasteiger partial charge in [0.15, 0.2) is 5.78 Å². The van der Waals surface area contributed by atoms with Gasteiger partial charge >= 0.3 is 0 Å². The number of hydrogen-bond donors (Lipinski definition) is 3. The Morgan fingerprint density at radius 3 is 2.22 bits per heavy atom. The van der Waals surface area contributed by atoms with Crippen LogP contribution in [0.15, 0.2) is 60.7 Å². The molecule has 0 radical (unpaired) electrons. The highest BCUT2D eigenvalue weighted by Crippen LogP contribution is 2.11. The summed E-state index contributed by atoms with van der Waals surface area (Å²) in [6.45, 7) is 5.05. The Balaban J connectivity index is 1.64. The average Bonchev–Trinajstić information content (AvgIpc) is 3.42. The largest absolute Gasteiger partial charge is 0.369 e. The van der Waals surface area contributed by atoms with E-state index in [-0.39, 0.29) is 36.2 Å². The normalized spacial score (nSPS) is 16.9. The maximum absolute atomic E-state index is 13.3. The molecule has 194 valence electrons. The van der Waals surface area contributed by atoms with Crippen LogP contribution in [0.3, 0.4) is 0 Å². The third-order valence-corrected chi connectivity index (χ3v) is 6.34. The first-order valence-corrected chi connectivity index (χ1v) is 12.9. The SMILES string of the molecule is CC(C)C[C@H](NC(=O)C1CCCN1)C(=O)N[C@@H](CCc1ccccc1)C(=O)COCc1ccccc1. The molecule has 36 heavy (non-hydrogen) atoms. The molecule has 0 saturated carbocycles. The quantitative estimate of drug-likeness (QED) is 0.376. The molecule has 3 rings (SSSR count). The van der Waals surface area contributed by atoms with Crippen LogP contribution in [0.1, 0.15) is 50.7 Å². The van der Waals surface area contributed by atoms with E-state index >= 15 is 0 Å². The standard InChI is InChI=1S/C29H39N3O4/c1-21(2)18-26(32-28(34)25-14-9-17-30-25)29(35)31-24(16-15-22-10-5-3-6-11-22)27(33)20-36-19-23-12-7-4-8-13-23/h3-8,10-13,21,24-26,30H,9,14-20H2,1-2H3,(H,31,35)(H,32,34)/t24-,25?,26-/m0/s1. The third kappa shape index (κ3) is 9.21. The van der Waals surface area contributed by atoms with E-state index in [1.165, 1.54) is 0 Å². The van der Waals surface area contributed by atoms with Gasteiger partial charge in [-0.05, 0) is 55.7 Å². The zero-order chi connectivity index (χ0) is 25.8. The molecule has 0 spiro atoms. The number of carbonyl (C=O) groups excluding carboxylic acids is 3. The molecular weight excluding hydrogens is 454 g/mol. The molecule has 0 bridgehead atoms. The van der Waals surface area contributed by atoms with Crippen molar-refractivity contribution in [1.29, 1.82) is 0 Å². The number of amides is 2. The van der Waals surface area contributed by atoms with Crippen molar-refractivity contribution in [3.05, 3.63) is 71.8 Å². The smallest absolute Gasteiger partial charge is 0.243 e. The number of ether oxygens (including phenoxy) is 1. The molecular formula is C29H39N3O4. The fourth-order valence-electron chi connectivity index (χ4n) is 4.37. The minimum Gasteiger partial charge on any atom is -0.369 e. The van der Waals surface area contributed by atoms with E-state index in [1.54, 1.807) is 0 Å². The first kappa shape index (κ1) is 27.6. The Morgan fingerprint density at radius 1 is 0.944 bits per heavy atom. The lowest BCUT2D eigenvalue weighted by molar-refractivity contribution is -0.133. The van der Waals surface area contributed by atoms with E-state index in [0.29, 0.717) is 25.9 Å². The number of ketones is 1. The first-order valence-electron chi connectivity index (χ1n) is 12.9. The highest BCUT2D eigenvalue weighted by molar-refractivity contribution is 5.94. The van der Waals surface area contributed by atoms with Gasteiger partial charge < -0.3 is 20.7 Å². The predicted molar refractivity (Wildman–Crippen MR) is 140 cm³/mol. The van der Waals surface area contributed by atoms with Gasteiger partial charge in [0.2, 0.25) is 11.8 Å². The first-order chi connectivity index (χ1) is 17.4. The summed E-state index contributed by atoms with van der Waals surface area (Å²) < 4.78 is 5.67. The van der Waals surface area contributed by atoms with Crippen LogP contribution in [-0.4, -0.2) is 48.9 Å². The Hall–Kier alpha value is -3.03. The molecule has 3 N–H and O–H groups in total. The van der Waals surface area contributed by atoms with E-state index in [9.17, 15) is 14.4 Å². The Morgan fingerprint density at radius 2 is 1.61 bits per heavy atom. The van der Waals surface area contributed by atoms with Crippen molar-refractivity contribution in [2.75, 3.05) is 13.2 Å². The van der Waals surface area contributed by atoms with Crippen molar-refractivity contribution in [2.24, 2.45) is 5.92 Å². The highest BCUT2D eigenvalue weighted by Gasteiger charge is 2.30. The summed E-state index contributed by atoms with van der Waals surface area (Å²) >= 11 is 0. The summed E-state index contributed by atoms with van der Waals surface area (Å²) in [4.78, 5) is 39.1. The molecule has 1 aliphatic heterocycles. The summed E-state index contributed by atoms with van der Waals surface area (Å²) in [5, 5.41) is 9.02. The molecule has 7 heteroatoms. The molecule has 0 aliphatic carbocycles. The Bertz CT molecular complexity index is 959. The molecule has 7 nitrogen and oxygen atoms in total. The average molecular weight is 494 g/mol. The second-order valence-electron chi connectivity index (χ2n) is 9.87. The lowest BCUT2D eigenvalue weighted by Gasteiger charge is -2.25. The van der Waals surface area contributed by atoms with Crippen LogP contribution in [0.2, 0.25) is 0 Å². The molecule has 2 amide bonds. The fraction of sp³-hybridized carbons (Fsp3) is 0.483. The topological polar surface area (TPSA) is 96.5 Å². The molecule has 1 unspecified atom stereocenters. The molecule has 1 fully saturated rings. The number of carbonyl (C=O) groups is 3. The van der Waals surface area contributed by atoms with Crippen LogP contribution < -0.4 is 16.0 Å². The summed E-state index contributed by atoms with van der Waals surface area (Å²) in [6, 6.07) is 17.9. The van der Waals surface area contributed by atoms with Crippen molar-refractivity contribution in [1.82, 2.24) is 16.0 Å². The summed E-state index contributed by atoms with van der Waals surface area (Å²) in [6.07, 6.45) is 3.30. The lowest BCUT2D eigenvalue weighted by atomic mass is 9.99. The maximum atomic E-state index is 13.3. The van der Waals surface area contributed by atoms with Crippen molar-refractivity contribution in [3.63, 3.8) is 0 Å². The van der Waals surface area contributed by atoms with Crippen molar-refractivity contribution in [2.45, 2.75) is 70.7 Å². The molecule has 2 aromatic carbocycles. The van der Waals surface area contributed by atoms with Crippen LogP contribution in [0.25, 0.3) is 0 Å². The lowest BCUT2D eigenvalue weighted by Crippen LogP contribution is -2.55. The van der Waals surface area contributed by atoms with Crippen molar-refractivity contribution < 1.29 is 19.1 Å². The van der Waals surface area contributed by atoms with Gasteiger partial charge in [-0.3, -0.25) is 14.4 Å². The van der Waals surface area contributed by atoms with E-state index in [1.807, 2.05) is 74.5 Å². The summed E-state index contributed by atoms with van der Waals surface area (Å²) in [7, 11) is 0. The fourth-order valence-corrected chi connectivity index (χ4v) is 4.37. The minimum atomic E-state index is -0.704. The maximum Gasteiger partial charge on any atom is 0.243 e. The van der Waals surface area contributed by atoms with Crippen LogP contribution >= 0.6 is 0 Å². The van der Waals surface area contributed by atoms with Gasteiger partial charge in [-0.25, -0.2) is 0 Å². The number of benzene rings is 2. The molecule has 3 atom stereocenters. The monoisotopic (exact) mass is 493 g/mol. The molecule has 2 aromatic rings. The minimum absolute atomic E-state index is 0.0954. The van der Waals surface area contributed by atoms with E-state index in [2.05, 4.69) is 16.0 Å². The highest BCUT2D eigenvalue weighted by atomic mass is 16.5. The van der Waals surface area contributed by atoms with Gasteiger partial charge in [0.05, 0.1) is 18.7 Å². The summed E-state index contributed by atoms with van der Waals surface area (Å²) in [5.74, 6) is -0.469. The van der Waals surface area contributed by atoms with Gasteiger partial charge in [0.1, 0.15) is 12.6 Å². The molecule has 1 aliphatic rings. The van der Waals surface area contributed by atoms with Crippen molar-refractivity contribution in [3.8, 4) is 0 Å². The van der Waals surface area contributed by atoms with Gasteiger partial charge in [-0.1, -0.05) is 74.5 Å². The number of hydrogen-bond acceptors (Lipinski definition) is 5. The zero-order valence-electron chi connectivity index (χ0n) is 21.4. The third-order valence-electron chi connectivity index (χ3n) is 6.34. The van der Waals surface area contributed by atoms with Gasteiger partial charge in [-0.15, -0.1) is 0 Å². The zero-order valence-corrected chi connectivity index (χ0v) is 21.4. The van der Waals surface area contributed by atoms with Gasteiger partial charge in [0.25, 0.3) is 0 Å². The van der Waals surface area contributed by atoms with Crippen LogP contribution in [0.4, 0.5) is 0 Å². The number of Topliss-reactive ketones (excluding diaryl/α,β-unsaturated/α-hetero) is 1. The Labute approximate surface area is 214 Å². The van der Waals surface area contributed by atoms with E-state index in [0.717, 1.165) is 30.5 Å². The van der Waals surface area contributed by atoms with E-state index < -0.39 is 12.1 Å². The predicted octanol–water partition coefficient (Wildman–Crippen LogP) is 3.17. The number of aryl methyl sites for hydroxylation is 1. The second-order valence-corrected chi connectivity index (χ2v) is 9.87. The molecule has 1 saturated heterocycles. The van der Waals surface area contributed by atoms with Gasteiger partial charge in [-0.2, -0.15) is 0 Å². The number of rotatable bonds is 14. The van der Waals surface area contributed by atoms with Gasteiger partial charge in [0, 0.05) is 0 Å². The summed E-state index contributed by atoms with van der Waals surface area (Å²) in [5.41, 5.74) is 2.07. The number of nitrogens with one attached hydrogen (secondary N) is 3. The van der Waals surface area contributed by atoms with Crippen LogP contribution in [0, 0.1) is 5.92 Å². The van der Waals surface area contributed by atoms with Crippen LogP contribution in [0.5, 0.6) is 0 Å². The van der Waals surface area contributed by atoms with Crippen molar-refractivity contribution >= 4 is 17.6 Å². The second kappa shape index (κ2) is 14.5.